The van der Waals surface area contributed by atoms with E-state index in [9.17, 15) is 4.79 Å². The van der Waals surface area contributed by atoms with E-state index in [2.05, 4.69) is 24.4 Å². The fraction of sp³-hybridized carbons (Fsp3) is 0.562. The van der Waals surface area contributed by atoms with Gasteiger partial charge >= 0.3 is 0 Å². The number of hydrogen-bond acceptors (Lipinski definition) is 1. The molecule has 0 heterocycles. The first kappa shape index (κ1) is 14.4. The maximum absolute atomic E-state index is 12.5. The number of amides is 1. The van der Waals surface area contributed by atoms with Crippen molar-refractivity contribution in [1.29, 1.82) is 0 Å². The Kier molecular flexibility index (Phi) is 4.19. The number of benzene rings is 1. The fourth-order valence-electron chi connectivity index (χ4n) is 3.19. The topological polar surface area (TPSA) is 29.1 Å². The lowest BCUT2D eigenvalue weighted by Gasteiger charge is -2.28. The van der Waals surface area contributed by atoms with E-state index in [0.717, 1.165) is 42.4 Å². The van der Waals surface area contributed by atoms with Crippen LogP contribution in [0, 0.1) is 20.8 Å². The van der Waals surface area contributed by atoms with E-state index in [1.165, 1.54) is 5.56 Å². The van der Waals surface area contributed by atoms with Crippen molar-refractivity contribution < 1.29 is 4.79 Å². The van der Waals surface area contributed by atoms with Gasteiger partial charge in [0.25, 0.3) is 5.91 Å². The van der Waals surface area contributed by atoms with Gasteiger partial charge in [0, 0.05) is 11.4 Å². The summed E-state index contributed by atoms with van der Waals surface area (Å²) < 4.78 is 0. The van der Waals surface area contributed by atoms with Gasteiger partial charge in [-0.05, 0) is 44.7 Å². The summed E-state index contributed by atoms with van der Waals surface area (Å²) in [6.45, 7) is 6.05. The van der Waals surface area contributed by atoms with Gasteiger partial charge in [0.2, 0.25) is 0 Å². The van der Waals surface area contributed by atoms with E-state index in [1.54, 1.807) is 0 Å². The molecule has 0 atom stereocenters. The highest BCUT2D eigenvalue weighted by Crippen LogP contribution is 2.31. The van der Waals surface area contributed by atoms with Gasteiger partial charge in [-0.2, -0.15) is 0 Å². The second-order valence-electron chi connectivity index (χ2n) is 5.85. The van der Waals surface area contributed by atoms with Crippen molar-refractivity contribution >= 4 is 17.5 Å². The summed E-state index contributed by atoms with van der Waals surface area (Å²) in [6, 6.07) is 4.12. The number of rotatable bonds is 3. The minimum atomic E-state index is -0.192. The summed E-state index contributed by atoms with van der Waals surface area (Å²) in [5.41, 5.74) is 3.89. The van der Waals surface area contributed by atoms with E-state index < -0.39 is 0 Å². The molecule has 3 heteroatoms. The molecule has 0 radical (unpaired) electrons. The Bertz CT molecular complexity index is 467. The summed E-state index contributed by atoms with van der Waals surface area (Å²) in [6.07, 6.45) is 4.29. The zero-order chi connectivity index (χ0) is 14.0. The minimum absolute atomic E-state index is 0.0255. The standard InChI is InChI=1S/C16H22ClNO/c1-11-8-12(2)14(13(3)9-11)15(19)18-16(10-17)6-4-5-7-16/h8-9H,4-7,10H2,1-3H3,(H,18,19). The predicted molar refractivity (Wildman–Crippen MR) is 80.0 cm³/mol. The highest BCUT2D eigenvalue weighted by molar-refractivity contribution is 6.19. The summed E-state index contributed by atoms with van der Waals surface area (Å²) in [5.74, 6) is 0.528. The van der Waals surface area contributed by atoms with Crippen molar-refractivity contribution in [3.8, 4) is 0 Å². The van der Waals surface area contributed by atoms with Gasteiger partial charge in [-0.25, -0.2) is 0 Å². The van der Waals surface area contributed by atoms with Crippen LogP contribution in [0.15, 0.2) is 12.1 Å². The Morgan fingerprint density at radius 1 is 1.21 bits per heavy atom. The second kappa shape index (κ2) is 5.54. The molecule has 2 nitrogen and oxygen atoms in total. The number of alkyl halides is 1. The van der Waals surface area contributed by atoms with Crippen molar-refractivity contribution in [2.75, 3.05) is 5.88 Å². The minimum Gasteiger partial charge on any atom is -0.345 e. The maximum Gasteiger partial charge on any atom is 0.252 e. The van der Waals surface area contributed by atoms with Gasteiger partial charge in [0.05, 0.1) is 5.54 Å². The molecule has 0 aliphatic heterocycles. The zero-order valence-electron chi connectivity index (χ0n) is 12.0. The lowest BCUT2D eigenvalue weighted by molar-refractivity contribution is 0.0908. The third kappa shape index (κ3) is 2.94. The number of hydrogen-bond donors (Lipinski definition) is 1. The number of nitrogens with one attached hydrogen (secondary N) is 1. The molecule has 1 aromatic rings. The second-order valence-corrected chi connectivity index (χ2v) is 6.12. The molecule has 0 saturated heterocycles. The first-order valence-corrected chi connectivity index (χ1v) is 7.47. The Morgan fingerprint density at radius 3 is 2.21 bits per heavy atom. The monoisotopic (exact) mass is 279 g/mol. The van der Waals surface area contributed by atoms with Crippen LogP contribution in [0.4, 0.5) is 0 Å². The number of aryl methyl sites for hydroxylation is 3. The van der Waals surface area contributed by atoms with E-state index in [4.69, 9.17) is 11.6 Å². The molecule has 1 aliphatic carbocycles. The molecular weight excluding hydrogens is 258 g/mol. The Labute approximate surface area is 120 Å². The van der Waals surface area contributed by atoms with Crippen molar-refractivity contribution in [3.63, 3.8) is 0 Å². The molecule has 1 aliphatic rings. The summed E-state index contributed by atoms with van der Waals surface area (Å²) in [5, 5.41) is 3.19. The third-order valence-corrected chi connectivity index (χ3v) is 4.61. The van der Waals surface area contributed by atoms with Crippen LogP contribution in [0.5, 0.6) is 0 Å². The number of carbonyl (C=O) groups is 1. The largest absolute Gasteiger partial charge is 0.345 e. The van der Waals surface area contributed by atoms with Gasteiger partial charge in [-0.3, -0.25) is 4.79 Å². The average Bonchev–Trinajstić information content (AvgIpc) is 2.76. The molecule has 1 N–H and O–H groups in total. The van der Waals surface area contributed by atoms with Gasteiger partial charge in [0.15, 0.2) is 0 Å². The number of halogens is 1. The van der Waals surface area contributed by atoms with Gasteiger partial charge in [0.1, 0.15) is 0 Å². The first-order valence-electron chi connectivity index (χ1n) is 6.94. The van der Waals surface area contributed by atoms with Gasteiger partial charge in [-0.1, -0.05) is 30.5 Å². The van der Waals surface area contributed by atoms with Crippen LogP contribution in [0.3, 0.4) is 0 Å². The van der Waals surface area contributed by atoms with E-state index >= 15 is 0 Å². The van der Waals surface area contributed by atoms with Crippen molar-refractivity contribution in [3.05, 3.63) is 34.4 Å². The predicted octanol–water partition coefficient (Wildman–Crippen LogP) is 3.89. The van der Waals surface area contributed by atoms with E-state index in [1.807, 2.05) is 13.8 Å². The summed E-state index contributed by atoms with van der Waals surface area (Å²) in [7, 11) is 0. The SMILES string of the molecule is Cc1cc(C)c(C(=O)NC2(CCl)CCCC2)c(C)c1. The zero-order valence-corrected chi connectivity index (χ0v) is 12.7. The fourth-order valence-corrected chi connectivity index (χ4v) is 3.52. The highest BCUT2D eigenvalue weighted by atomic mass is 35.5. The Hall–Kier alpha value is -1.02. The molecule has 1 amide bonds. The van der Waals surface area contributed by atoms with Crippen LogP contribution in [-0.2, 0) is 0 Å². The molecule has 0 aromatic heterocycles. The molecule has 2 rings (SSSR count). The molecule has 1 saturated carbocycles. The van der Waals surface area contributed by atoms with Crippen LogP contribution in [0.1, 0.15) is 52.7 Å². The molecule has 0 bridgehead atoms. The first-order chi connectivity index (χ1) is 8.97. The molecule has 0 unspecified atom stereocenters. The van der Waals surface area contributed by atoms with Crippen molar-refractivity contribution in [1.82, 2.24) is 5.32 Å². The molecule has 19 heavy (non-hydrogen) atoms. The molecular formula is C16H22ClNO. The maximum atomic E-state index is 12.5. The van der Waals surface area contributed by atoms with Crippen LogP contribution >= 0.6 is 11.6 Å². The van der Waals surface area contributed by atoms with Crippen LogP contribution < -0.4 is 5.32 Å². The van der Waals surface area contributed by atoms with Crippen molar-refractivity contribution in [2.45, 2.75) is 52.0 Å². The average molecular weight is 280 g/mol. The van der Waals surface area contributed by atoms with E-state index in [0.29, 0.717) is 5.88 Å². The Balaban J connectivity index is 2.25. The molecule has 1 aromatic carbocycles. The van der Waals surface area contributed by atoms with Gasteiger partial charge in [-0.15, -0.1) is 11.6 Å². The van der Waals surface area contributed by atoms with Crippen LogP contribution in [0.25, 0.3) is 0 Å². The normalized spacial score (nSPS) is 17.5. The van der Waals surface area contributed by atoms with Crippen LogP contribution in [-0.4, -0.2) is 17.3 Å². The highest BCUT2D eigenvalue weighted by Gasteiger charge is 2.35. The molecule has 104 valence electrons. The Morgan fingerprint density at radius 2 is 1.74 bits per heavy atom. The number of carbonyl (C=O) groups excluding carboxylic acids is 1. The molecule has 1 fully saturated rings. The molecule has 0 spiro atoms. The van der Waals surface area contributed by atoms with E-state index in [-0.39, 0.29) is 11.4 Å². The quantitative estimate of drug-likeness (QED) is 0.836. The van der Waals surface area contributed by atoms with Gasteiger partial charge < -0.3 is 5.32 Å². The third-order valence-electron chi connectivity index (χ3n) is 4.10. The lowest BCUT2D eigenvalue weighted by Crippen LogP contribution is -2.48. The lowest BCUT2D eigenvalue weighted by atomic mass is 9.96. The summed E-state index contributed by atoms with van der Waals surface area (Å²) in [4.78, 5) is 12.5. The smallest absolute Gasteiger partial charge is 0.252 e. The summed E-state index contributed by atoms with van der Waals surface area (Å²) >= 11 is 6.09. The van der Waals surface area contributed by atoms with Crippen LogP contribution in [0.2, 0.25) is 0 Å². The van der Waals surface area contributed by atoms with Crippen molar-refractivity contribution in [2.24, 2.45) is 0 Å².